The second-order valence-electron chi connectivity index (χ2n) is 6.76. The van der Waals surface area contributed by atoms with Gasteiger partial charge in [-0.2, -0.15) is 0 Å². The van der Waals surface area contributed by atoms with Crippen molar-refractivity contribution in [2.24, 2.45) is 0 Å². The SMILES string of the molecule is CCOC(=O)C(C)(C)c1cn2nc(N3CCN(C)CC3)ccc2n1. The molecule has 0 amide bonds. The third-order valence-electron chi connectivity index (χ3n) is 4.56. The van der Waals surface area contributed by atoms with Crippen molar-refractivity contribution in [1.29, 1.82) is 0 Å². The van der Waals surface area contributed by atoms with Crippen LogP contribution in [0.15, 0.2) is 18.3 Å². The lowest BCUT2D eigenvalue weighted by Gasteiger charge is -2.32. The number of anilines is 1. The number of imidazole rings is 1. The molecule has 0 aliphatic carbocycles. The van der Waals surface area contributed by atoms with Crippen LogP contribution in [0.1, 0.15) is 26.5 Å². The van der Waals surface area contributed by atoms with Gasteiger partial charge >= 0.3 is 5.97 Å². The summed E-state index contributed by atoms with van der Waals surface area (Å²) >= 11 is 0. The number of hydrogen-bond donors (Lipinski definition) is 0. The lowest BCUT2D eigenvalue weighted by atomic mass is 9.90. The zero-order chi connectivity index (χ0) is 17.3. The van der Waals surface area contributed by atoms with Gasteiger partial charge in [-0.25, -0.2) is 9.50 Å². The van der Waals surface area contributed by atoms with Crippen molar-refractivity contribution < 1.29 is 9.53 Å². The first-order valence-electron chi connectivity index (χ1n) is 8.39. The second-order valence-corrected chi connectivity index (χ2v) is 6.76. The van der Waals surface area contributed by atoms with Crippen LogP contribution in [0.25, 0.3) is 5.65 Å². The van der Waals surface area contributed by atoms with Gasteiger partial charge in [0.25, 0.3) is 0 Å². The first kappa shape index (κ1) is 16.7. The highest BCUT2D eigenvalue weighted by Crippen LogP contribution is 2.25. The summed E-state index contributed by atoms with van der Waals surface area (Å²) in [4.78, 5) is 21.3. The number of rotatable bonds is 4. The summed E-state index contributed by atoms with van der Waals surface area (Å²) in [6, 6.07) is 3.94. The molecule has 0 saturated carbocycles. The van der Waals surface area contributed by atoms with Crippen molar-refractivity contribution in [3.63, 3.8) is 0 Å². The molecular weight excluding hydrogens is 306 g/mol. The number of carbonyl (C=O) groups excluding carboxylic acids is 1. The molecule has 0 spiro atoms. The number of fused-ring (bicyclic) bond motifs is 1. The lowest BCUT2D eigenvalue weighted by Crippen LogP contribution is -2.44. The van der Waals surface area contributed by atoms with Crippen molar-refractivity contribution >= 4 is 17.4 Å². The largest absolute Gasteiger partial charge is 0.465 e. The normalized spacial score (nSPS) is 16.6. The number of nitrogens with zero attached hydrogens (tertiary/aromatic N) is 5. The van der Waals surface area contributed by atoms with E-state index in [2.05, 4.69) is 26.9 Å². The van der Waals surface area contributed by atoms with Crippen LogP contribution in [-0.4, -0.2) is 65.3 Å². The van der Waals surface area contributed by atoms with Crippen LogP contribution in [0.3, 0.4) is 0 Å². The highest BCUT2D eigenvalue weighted by Gasteiger charge is 2.34. The molecule has 0 unspecified atom stereocenters. The number of likely N-dealkylation sites (N-methyl/N-ethyl adjacent to an activating group) is 1. The predicted octanol–water partition coefficient (Wildman–Crippen LogP) is 1.32. The molecule has 2 aromatic rings. The molecular formula is C17H25N5O2. The van der Waals surface area contributed by atoms with E-state index >= 15 is 0 Å². The molecule has 1 fully saturated rings. The number of aromatic nitrogens is 3. The van der Waals surface area contributed by atoms with Gasteiger partial charge < -0.3 is 14.5 Å². The third-order valence-corrected chi connectivity index (χ3v) is 4.56. The minimum absolute atomic E-state index is 0.271. The molecule has 0 bridgehead atoms. The standard InChI is InChI=1S/C17H25N5O2/c1-5-24-16(23)17(2,3)13-12-22-14(18-13)6-7-15(19-22)21-10-8-20(4)9-11-21/h6-7,12H,5,8-11H2,1-4H3. The number of esters is 1. The molecule has 7 nitrogen and oxygen atoms in total. The number of ether oxygens (including phenoxy) is 1. The molecule has 0 radical (unpaired) electrons. The van der Waals surface area contributed by atoms with E-state index in [4.69, 9.17) is 4.74 Å². The molecule has 2 aromatic heterocycles. The van der Waals surface area contributed by atoms with Crippen molar-refractivity contribution in [3.8, 4) is 0 Å². The monoisotopic (exact) mass is 331 g/mol. The van der Waals surface area contributed by atoms with E-state index in [9.17, 15) is 4.79 Å². The zero-order valence-corrected chi connectivity index (χ0v) is 14.8. The Morgan fingerprint density at radius 3 is 2.62 bits per heavy atom. The highest BCUT2D eigenvalue weighted by molar-refractivity contribution is 5.81. The maximum absolute atomic E-state index is 12.2. The zero-order valence-electron chi connectivity index (χ0n) is 14.8. The molecule has 24 heavy (non-hydrogen) atoms. The van der Waals surface area contributed by atoms with Gasteiger partial charge in [-0.3, -0.25) is 4.79 Å². The fourth-order valence-corrected chi connectivity index (χ4v) is 2.79. The molecule has 3 rings (SSSR count). The van der Waals surface area contributed by atoms with Gasteiger partial charge in [0.1, 0.15) is 11.2 Å². The Bertz CT molecular complexity index is 732. The molecule has 0 N–H and O–H groups in total. The fraction of sp³-hybridized carbons (Fsp3) is 0.588. The first-order chi connectivity index (χ1) is 11.4. The minimum atomic E-state index is -0.794. The molecule has 0 aromatic carbocycles. The number of hydrogen-bond acceptors (Lipinski definition) is 6. The van der Waals surface area contributed by atoms with E-state index in [1.54, 1.807) is 4.52 Å². The number of carbonyl (C=O) groups is 1. The Balaban J connectivity index is 1.87. The lowest BCUT2D eigenvalue weighted by molar-refractivity contribution is -0.148. The summed E-state index contributed by atoms with van der Waals surface area (Å²) in [5.41, 5.74) is 0.613. The van der Waals surface area contributed by atoms with Gasteiger partial charge in [0, 0.05) is 26.2 Å². The molecule has 1 aliphatic rings. The summed E-state index contributed by atoms with van der Waals surface area (Å²) in [5.74, 6) is 0.668. The Morgan fingerprint density at radius 1 is 1.25 bits per heavy atom. The molecule has 1 aliphatic heterocycles. The van der Waals surface area contributed by atoms with Crippen LogP contribution in [0, 0.1) is 0 Å². The Hall–Kier alpha value is -2.15. The smallest absolute Gasteiger partial charge is 0.317 e. The second kappa shape index (κ2) is 6.39. The Kier molecular flexibility index (Phi) is 4.45. The van der Waals surface area contributed by atoms with Crippen LogP contribution < -0.4 is 4.90 Å². The summed E-state index contributed by atoms with van der Waals surface area (Å²) in [6.45, 7) is 9.82. The van der Waals surface area contributed by atoms with Crippen LogP contribution >= 0.6 is 0 Å². The Labute approximate surface area is 142 Å². The molecule has 0 atom stereocenters. The van der Waals surface area contributed by atoms with Crippen LogP contribution in [0.2, 0.25) is 0 Å². The van der Waals surface area contributed by atoms with Crippen molar-refractivity contribution in [2.75, 3.05) is 44.7 Å². The van der Waals surface area contributed by atoms with Gasteiger partial charge in [0.05, 0.1) is 18.5 Å². The third kappa shape index (κ3) is 3.08. The Morgan fingerprint density at radius 2 is 1.96 bits per heavy atom. The summed E-state index contributed by atoms with van der Waals surface area (Å²) in [5, 5.41) is 4.67. The van der Waals surface area contributed by atoms with E-state index in [1.807, 2.05) is 39.1 Å². The van der Waals surface area contributed by atoms with Gasteiger partial charge in [0.15, 0.2) is 5.65 Å². The van der Waals surface area contributed by atoms with Gasteiger partial charge in [-0.05, 0) is 40.0 Å². The van der Waals surface area contributed by atoms with E-state index in [0.717, 1.165) is 37.6 Å². The topological polar surface area (TPSA) is 63.0 Å². The fourth-order valence-electron chi connectivity index (χ4n) is 2.79. The minimum Gasteiger partial charge on any atom is -0.465 e. The van der Waals surface area contributed by atoms with Crippen LogP contribution in [-0.2, 0) is 14.9 Å². The van der Waals surface area contributed by atoms with E-state index in [1.165, 1.54) is 0 Å². The maximum atomic E-state index is 12.2. The van der Waals surface area contributed by atoms with E-state index in [-0.39, 0.29) is 5.97 Å². The van der Waals surface area contributed by atoms with Crippen LogP contribution in [0.4, 0.5) is 5.82 Å². The van der Waals surface area contributed by atoms with Gasteiger partial charge in [-0.1, -0.05) is 0 Å². The number of piperazine rings is 1. The molecule has 1 saturated heterocycles. The average Bonchev–Trinajstić information content (AvgIpc) is 2.99. The maximum Gasteiger partial charge on any atom is 0.317 e. The van der Waals surface area contributed by atoms with Gasteiger partial charge in [0.2, 0.25) is 0 Å². The quantitative estimate of drug-likeness (QED) is 0.788. The summed E-state index contributed by atoms with van der Waals surface area (Å²) < 4.78 is 6.92. The molecule has 3 heterocycles. The van der Waals surface area contributed by atoms with E-state index < -0.39 is 5.41 Å². The van der Waals surface area contributed by atoms with Crippen LogP contribution in [0.5, 0.6) is 0 Å². The van der Waals surface area contributed by atoms with Crippen molar-refractivity contribution in [1.82, 2.24) is 19.5 Å². The summed E-state index contributed by atoms with van der Waals surface area (Å²) in [7, 11) is 2.13. The van der Waals surface area contributed by atoms with Crippen molar-refractivity contribution in [2.45, 2.75) is 26.2 Å². The average molecular weight is 331 g/mol. The predicted molar refractivity (Wildman–Crippen MR) is 92.4 cm³/mol. The van der Waals surface area contributed by atoms with Gasteiger partial charge in [-0.15, -0.1) is 5.10 Å². The van der Waals surface area contributed by atoms with Crippen molar-refractivity contribution in [3.05, 3.63) is 24.0 Å². The van der Waals surface area contributed by atoms with E-state index in [0.29, 0.717) is 12.3 Å². The molecule has 7 heteroatoms. The molecule has 130 valence electrons. The first-order valence-corrected chi connectivity index (χ1v) is 8.39. The summed E-state index contributed by atoms with van der Waals surface area (Å²) in [6.07, 6.45) is 1.83. The highest BCUT2D eigenvalue weighted by atomic mass is 16.5.